The molecule has 0 unspecified atom stereocenters. The molecule has 0 bridgehead atoms. The summed E-state index contributed by atoms with van der Waals surface area (Å²) in [5.41, 5.74) is 3.23. The van der Waals surface area contributed by atoms with Crippen molar-refractivity contribution in [1.82, 2.24) is 9.78 Å². The molecule has 0 aliphatic heterocycles. The zero-order valence-corrected chi connectivity index (χ0v) is 19.4. The fraction of sp³-hybridized carbons (Fsp3) is 0.0714. The average Bonchev–Trinajstić information content (AvgIpc) is 2.90. The van der Waals surface area contributed by atoms with E-state index in [1.165, 1.54) is 16.9 Å². The molecular formula is C28H22N4O4. The van der Waals surface area contributed by atoms with Crippen LogP contribution in [0.25, 0.3) is 33.3 Å². The molecular weight excluding hydrogens is 456 g/mol. The standard InChI is InChI=1S/C28H22N4O4/c1-2-31-27(33)24(29-22-14-7-15-25-20(22)13-8-16-32(25)36)17-23(30-31)26-19(18-9-4-3-5-10-18)11-6-12-21(26)28(34)35/h3-17,29H,2H2,1H3,(H,34,35). The van der Waals surface area contributed by atoms with E-state index in [-0.39, 0.29) is 23.4 Å². The van der Waals surface area contributed by atoms with Crippen molar-refractivity contribution >= 4 is 28.2 Å². The quantitative estimate of drug-likeness (QED) is 0.267. The number of aromatic carboxylic acids is 1. The van der Waals surface area contributed by atoms with E-state index in [1.807, 2.05) is 36.4 Å². The molecule has 2 heterocycles. The summed E-state index contributed by atoms with van der Waals surface area (Å²) in [6.07, 6.45) is 1.41. The van der Waals surface area contributed by atoms with E-state index in [2.05, 4.69) is 10.4 Å². The normalized spacial score (nSPS) is 10.9. The SMILES string of the molecule is CCn1nc(-c2c(C(=O)O)cccc2-c2ccccc2)cc(Nc2cccc3c2ccc[n+]3[O-])c1=O. The molecule has 0 saturated heterocycles. The van der Waals surface area contributed by atoms with Crippen LogP contribution in [0.2, 0.25) is 0 Å². The highest BCUT2D eigenvalue weighted by molar-refractivity contribution is 6.01. The molecule has 0 spiro atoms. The summed E-state index contributed by atoms with van der Waals surface area (Å²) in [4.78, 5) is 25.4. The highest BCUT2D eigenvalue weighted by atomic mass is 16.5. The van der Waals surface area contributed by atoms with Crippen LogP contribution in [0.1, 0.15) is 17.3 Å². The Morgan fingerprint density at radius 3 is 2.53 bits per heavy atom. The average molecular weight is 479 g/mol. The van der Waals surface area contributed by atoms with Crippen molar-refractivity contribution in [3.05, 3.63) is 112 Å². The molecule has 5 rings (SSSR count). The third-order valence-electron chi connectivity index (χ3n) is 5.98. The second-order valence-corrected chi connectivity index (χ2v) is 8.16. The predicted octanol–water partition coefficient (Wildman–Crippen LogP) is 4.83. The Balaban J connectivity index is 1.74. The van der Waals surface area contributed by atoms with Crippen molar-refractivity contribution in [2.75, 3.05) is 5.32 Å². The van der Waals surface area contributed by atoms with Gasteiger partial charge in [-0.1, -0.05) is 48.5 Å². The fourth-order valence-corrected chi connectivity index (χ4v) is 4.30. The van der Waals surface area contributed by atoms with Gasteiger partial charge in [-0.15, -0.1) is 0 Å². The zero-order valence-electron chi connectivity index (χ0n) is 19.4. The number of carboxylic acid groups (broad SMARTS) is 1. The van der Waals surface area contributed by atoms with Crippen molar-refractivity contribution in [3.63, 3.8) is 0 Å². The summed E-state index contributed by atoms with van der Waals surface area (Å²) in [7, 11) is 0. The molecule has 0 aliphatic carbocycles. The van der Waals surface area contributed by atoms with Gasteiger partial charge >= 0.3 is 5.97 Å². The molecule has 0 amide bonds. The Labute approximate surface area is 206 Å². The van der Waals surface area contributed by atoms with Crippen molar-refractivity contribution < 1.29 is 14.6 Å². The molecule has 3 aromatic carbocycles. The first-order valence-electron chi connectivity index (χ1n) is 11.4. The summed E-state index contributed by atoms with van der Waals surface area (Å²) < 4.78 is 2.06. The van der Waals surface area contributed by atoms with Gasteiger partial charge in [-0.2, -0.15) is 9.83 Å². The van der Waals surface area contributed by atoms with Gasteiger partial charge in [0.25, 0.3) is 5.56 Å². The lowest BCUT2D eigenvalue weighted by Crippen LogP contribution is -2.26. The molecule has 0 radical (unpaired) electrons. The van der Waals surface area contributed by atoms with Gasteiger partial charge < -0.3 is 15.6 Å². The number of pyridine rings is 1. The molecule has 0 fully saturated rings. The van der Waals surface area contributed by atoms with E-state index < -0.39 is 5.97 Å². The van der Waals surface area contributed by atoms with Crippen LogP contribution >= 0.6 is 0 Å². The highest BCUT2D eigenvalue weighted by Gasteiger charge is 2.21. The first-order chi connectivity index (χ1) is 17.5. The minimum Gasteiger partial charge on any atom is -0.618 e. The molecule has 36 heavy (non-hydrogen) atoms. The third kappa shape index (κ3) is 4.05. The first-order valence-corrected chi connectivity index (χ1v) is 11.4. The van der Waals surface area contributed by atoms with Crippen LogP contribution in [0.4, 0.5) is 11.4 Å². The molecule has 0 atom stereocenters. The lowest BCUT2D eigenvalue weighted by molar-refractivity contribution is -0.577. The molecule has 2 aromatic heterocycles. The topological polar surface area (TPSA) is 111 Å². The molecule has 8 nitrogen and oxygen atoms in total. The number of carbonyl (C=O) groups is 1. The second kappa shape index (κ2) is 9.34. The zero-order chi connectivity index (χ0) is 25.2. The van der Waals surface area contributed by atoms with E-state index in [0.29, 0.717) is 33.4 Å². The van der Waals surface area contributed by atoms with Crippen LogP contribution in [0.5, 0.6) is 0 Å². The Morgan fingerprint density at radius 1 is 1.00 bits per heavy atom. The highest BCUT2D eigenvalue weighted by Crippen LogP contribution is 2.35. The van der Waals surface area contributed by atoms with E-state index in [9.17, 15) is 19.9 Å². The van der Waals surface area contributed by atoms with Gasteiger partial charge in [-0.3, -0.25) is 4.79 Å². The van der Waals surface area contributed by atoms with E-state index in [1.54, 1.807) is 49.4 Å². The van der Waals surface area contributed by atoms with Crippen LogP contribution < -0.4 is 15.6 Å². The monoisotopic (exact) mass is 478 g/mol. The Kier molecular flexibility index (Phi) is 5.92. The van der Waals surface area contributed by atoms with E-state index in [0.717, 1.165) is 10.3 Å². The van der Waals surface area contributed by atoms with Gasteiger partial charge in [0, 0.05) is 24.2 Å². The van der Waals surface area contributed by atoms with Gasteiger partial charge in [0.2, 0.25) is 5.52 Å². The summed E-state index contributed by atoms with van der Waals surface area (Å²) in [5, 5.41) is 30.5. The maximum Gasteiger partial charge on any atom is 0.336 e. The number of hydrogen-bond acceptors (Lipinski definition) is 5. The van der Waals surface area contributed by atoms with Crippen molar-refractivity contribution in [2.24, 2.45) is 0 Å². The maximum absolute atomic E-state index is 13.2. The Morgan fingerprint density at radius 2 is 1.78 bits per heavy atom. The Hall–Kier alpha value is -4.98. The number of carboxylic acids is 1. The molecule has 178 valence electrons. The van der Waals surface area contributed by atoms with Gasteiger partial charge in [-0.25, -0.2) is 9.48 Å². The van der Waals surface area contributed by atoms with Crippen LogP contribution in [-0.2, 0) is 6.54 Å². The Bertz CT molecular complexity index is 1660. The second-order valence-electron chi connectivity index (χ2n) is 8.16. The number of hydrogen-bond donors (Lipinski definition) is 2. The lowest BCUT2D eigenvalue weighted by atomic mass is 9.93. The van der Waals surface area contributed by atoms with Crippen LogP contribution in [-0.4, -0.2) is 20.9 Å². The van der Waals surface area contributed by atoms with Gasteiger partial charge in [-0.05, 0) is 42.3 Å². The van der Waals surface area contributed by atoms with Gasteiger partial charge in [0.15, 0.2) is 6.20 Å². The smallest absolute Gasteiger partial charge is 0.336 e. The number of nitrogens with one attached hydrogen (secondary N) is 1. The van der Waals surface area contributed by atoms with E-state index in [4.69, 9.17) is 0 Å². The number of aromatic nitrogens is 3. The van der Waals surface area contributed by atoms with Gasteiger partial charge in [0.05, 0.1) is 22.3 Å². The van der Waals surface area contributed by atoms with Crippen molar-refractivity contribution in [1.29, 1.82) is 0 Å². The molecule has 5 aromatic rings. The third-order valence-corrected chi connectivity index (χ3v) is 5.98. The number of nitrogens with zero attached hydrogens (tertiary/aromatic N) is 3. The minimum absolute atomic E-state index is 0.0775. The largest absolute Gasteiger partial charge is 0.618 e. The number of fused-ring (bicyclic) bond motifs is 1. The van der Waals surface area contributed by atoms with E-state index >= 15 is 0 Å². The maximum atomic E-state index is 13.2. The lowest BCUT2D eigenvalue weighted by Gasteiger charge is -2.16. The summed E-state index contributed by atoms with van der Waals surface area (Å²) >= 11 is 0. The predicted molar refractivity (Wildman–Crippen MR) is 138 cm³/mol. The number of aryl methyl sites for hydroxylation is 1. The summed E-state index contributed by atoms with van der Waals surface area (Å²) in [6, 6.07) is 24.7. The van der Waals surface area contributed by atoms with Gasteiger partial charge in [0.1, 0.15) is 5.69 Å². The minimum atomic E-state index is -1.10. The van der Waals surface area contributed by atoms with Crippen molar-refractivity contribution in [2.45, 2.75) is 13.5 Å². The number of rotatable bonds is 6. The molecule has 2 N–H and O–H groups in total. The molecule has 8 heteroatoms. The van der Waals surface area contributed by atoms with Crippen LogP contribution in [0.15, 0.2) is 95.9 Å². The molecule has 0 saturated carbocycles. The van der Waals surface area contributed by atoms with Crippen LogP contribution in [0.3, 0.4) is 0 Å². The number of benzene rings is 3. The number of anilines is 2. The van der Waals surface area contributed by atoms with Crippen molar-refractivity contribution in [3.8, 4) is 22.4 Å². The molecule has 0 aliphatic rings. The summed E-state index contributed by atoms with van der Waals surface area (Å²) in [6.45, 7) is 2.08. The summed E-state index contributed by atoms with van der Waals surface area (Å²) in [5.74, 6) is -1.10. The van der Waals surface area contributed by atoms with Crippen LogP contribution in [0, 0.1) is 5.21 Å². The first kappa shape index (κ1) is 22.8. The fourth-order valence-electron chi connectivity index (χ4n) is 4.30.